The summed E-state index contributed by atoms with van der Waals surface area (Å²) in [6.07, 6.45) is 0. The lowest BCUT2D eigenvalue weighted by molar-refractivity contribution is 0.340. The van der Waals surface area contributed by atoms with E-state index in [2.05, 4.69) is 12.2 Å². The SMILES string of the molecule is CC1SCCN(S(=O)(=O)c2ccc3c(c2)CNC3)C1C. The highest BCUT2D eigenvalue weighted by Crippen LogP contribution is 2.30. The van der Waals surface area contributed by atoms with Crippen molar-refractivity contribution in [2.24, 2.45) is 0 Å². The second-order valence-electron chi connectivity index (χ2n) is 5.47. The third-order valence-electron chi connectivity index (χ3n) is 4.24. The number of nitrogens with one attached hydrogen (secondary N) is 1. The van der Waals surface area contributed by atoms with E-state index in [1.807, 2.05) is 30.8 Å². The molecular formula is C14H20N2O2S2. The van der Waals surface area contributed by atoms with E-state index in [4.69, 9.17) is 0 Å². The molecule has 20 heavy (non-hydrogen) atoms. The van der Waals surface area contributed by atoms with E-state index in [0.29, 0.717) is 16.7 Å². The molecule has 1 aromatic rings. The Bertz CT molecular complexity index is 616. The van der Waals surface area contributed by atoms with Crippen molar-refractivity contribution in [2.75, 3.05) is 12.3 Å². The van der Waals surface area contributed by atoms with Crippen molar-refractivity contribution in [2.45, 2.75) is 43.1 Å². The van der Waals surface area contributed by atoms with Gasteiger partial charge in [0, 0.05) is 36.7 Å². The van der Waals surface area contributed by atoms with E-state index in [1.165, 1.54) is 5.56 Å². The molecule has 110 valence electrons. The van der Waals surface area contributed by atoms with Gasteiger partial charge in [0.1, 0.15) is 0 Å². The van der Waals surface area contributed by atoms with Crippen LogP contribution in [0.25, 0.3) is 0 Å². The lowest BCUT2D eigenvalue weighted by Gasteiger charge is -2.36. The fourth-order valence-corrected chi connectivity index (χ4v) is 5.86. The lowest BCUT2D eigenvalue weighted by Crippen LogP contribution is -2.47. The first-order valence-electron chi connectivity index (χ1n) is 6.96. The van der Waals surface area contributed by atoms with Gasteiger partial charge in [0.05, 0.1) is 4.90 Å². The molecule has 2 aliphatic heterocycles. The van der Waals surface area contributed by atoms with Crippen LogP contribution < -0.4 is 5.32 Å². The van der Waals surface area contributed by atoms with E-state index in [9.17, 15) is 8.42 Å². The minimum absolute atomic E-state index is 0.0464. The van der Waals surface area contributed by atoms with Crippen LogP contribution in [0.3, 0.4) is 0 Å². The maximum atomic E-state index is 12.8. The summed E-state index contributed by atoms with van der Waals surface area (Å²) in [7, 11) is -3.37. The van der Waals surface area contributed by atoms with Gasteiger partial charge in [-0.15, -0.1) is 0 Å². The maximum absolute atomic E-state index is 12.8. The van der Waals surface area contributed by atoms with Gasteiger partial charge in [0.2, 0.25) is 10.0 Å². The quantitative estimate of drug-likeness (QED) is 0.905. The van der Waals surface area contributed by atoms with Crippen LogP contribution in [-0.2, 0) is 23.1 Å². The van der Waals surface area contributed by atoms with Crippen LogP contribution in [-0.4, -0.2) is 36.3 Å². The largest absolute Gasteiger partial charge is 0.309 e. The molecule has 6 heteroatoms. The van der Waals surface area contributed by atoms with Crippen molar-refractivity contribution in [3.8, 4) is 0 Å². The van der Waals surface area contributed by atoms with Gasteiger partial charge in [0.15, 0.2) is 0 Å². The molecule has 2 atom stereocenters. The summed E-state index contributed by atoms with van der Waals surface area (Å²) >= 11 is 1.85. The summed E-state index contributed by atoms with van der Waals surface area (Å²) in [5.74, 6) is 0.872. The highest BCUT2D eigenvalue weighted by molar-refractivity contribution is 8.00. The summed E-state index contributed by atoms with van der Waals surface area (Å²) in [5.41, 5.74) is 2.32. The number of hydrogen-bond donors (Lipinski definition) is 1. The summed E-state index contributed by atoms with van der Waals surface area (Å²) in [6, 6.07) is 5.57. The summed E-state index contributed by atoms with van der Waals surface area (Å²) < 4.78 is 27.3. The monoisotopic (exact) mass is 312 g/mol. The van der Waals surface area contributed by atoms with Gasteiger partial charge >= 0.3 is 0 Å². The van der Waals surface area contributed by atoms with Crippen LogP contribution in [0.2, 0.25) is 0 Å². The number of thioether (sulfide) groups is 1. The molecule has 0 amide bonds. The molecule has 0 saturated carbocycles. The zero-order valence-corrected chi connectivity index (χ0v) is 13.4. The predicted octanol–water partition coefficient (Wildman–Crippen LogP) is 1.80. The lowest BCUT2D eigenvalue weighted by atomic mass is 10.1. The number of nitrogens with zero attached hydrogens (tertiary/aromatic N) is 1. The van der Waals surface area contributed by atoms with Gasteiger partial charge in [-0.1, -0.05) is 13.0 Å². The van der Waals surface area contributed by atoms with Crippen molar-refractivity contribution in [3.05, 3.63) is 29.3 Å². The van der Waals surface area contributed by atoms with E-state index in [0.717, 1.165) is 24.4 Å². The second-order valence-corrected chi connectivity index (χ2v) is 8.84. The number of rotatable bonds is 2. The van der Waals surface area contributed by atoms with Crippen molar-refractivity contribution in [1.29, 1.82) is 0 Å². The zero-order chi connectivity index (χ0) is 14.3. The molecule has 0 bridgehead atoms. The van der Waals surface area contributed by atoms with Crippen LogP contribution in [0.5, 0.6) is 0 Å². The average molecular weight is 312 g/mol. The van der Waals surface area contributed by atoms with Crippen molar-refractivity contribution >= 4 is 21.8 Å². The second kappa shape index (κ2) is 5.33. The van der Waals surface area contributed by atoms with Gasteiger partial charge in [-0.2, -0.15) is 16.1 Å². The number of sulfonamides is 1. The Balaban J connectivity index is 1.95. The highest BCUT2D eigenvalue weighted by Gasteiger charge is 2.35. The number of hydrogen-bond acceptors (Lipinski definition) is 4. The Kier molecular flexibility index (Phi) is 3.83. The van der Waals surface area contributed by atoms with Crippen molar-refractivity contribution in [1.82, 2.24) is 9.62 Å². The molecule has 4 nitrogen and oxygen atoms in total. The molecule has 1 fully saturated rings. The molecule has 1 N–H and O–H groups in total. The third kappa shape index (κ3) is 2.39. The van der Waals surface area contributed by atoms with E-state index < -0.39 is 10.0 Å². The fourth-order valence-electron chi connectivity index (χ4n) is 2.81. The Hall–Kier alpha value is -0.560. The zero-order valence-electron chi connectivity index (χ0n) is 11.8. The third-order valence-corrected chi connectivity index (χ3v) is 7.56. The van der Waals surface area contributed by atoms with E-state index in [-0.39, 0.29) is 6.04 Å². The molecular weight excluding hydrogens is 292 g/mol. The molecule has 2 heterocycles. The van der Waals surface area contributed by atoms with Gasteiger partial charge < -0.3 is 5.32 Å². The van der Waals surface area contributed by atoms with Crippen LogP contribution in [0, 0.1) is 0 Å². The van der Waals surface area contributed by atoms with Gasteiger partial charge in [-0.3, -0.25) is 0 Å². The number of benzene rings is 1. The molecule has 2 unspecified atom stereocenters. The summed E-state index contributed by atoms with van der Waals surface area (Å²) in [4.78, 5) is 0.436. The minimum Gasteiger partial charge on any atom is -0.309 e. The normalized spacial score (nSPS) is 27.5. The minimum atomic E-state index is -3.37. The first-order valence-corrected chi connectivity index (χ1v) is 9.45. The molecule has 1 saturated heterocycles. The van der Waals surface area contributed by atoms with Crippen LogP contribution >= 0.6 is 11.8 Å². The Labute approximate surface area is 125 Å². The standard InChI is InChI=1S/C14H20N2O2S2/c1-10-11(2)19-6-5-16(10)20(17,18)14-4-3-12-8-15-9-13(12)7-14/h3-4,7,10-11,15H,5-6,8-9H2,1-2H3. The van der Waals surface area contributed by atoms with Crippen LogP contribution in [0.4, 0.5) is 0 Å². The number of fused-ring (bicyclic) bond motifs is 1. The molecule has 1 aromatic carbocycles. The van der Waals surface area contributed by atoms with Gasteiger partial charge in [-0.05, 0) is 30.2 Å². The molecule has 0 aliphatic carbocycles. The Morgan fingerprint density at radius 3 is 2.80 bits per heavy atom. The Morgan fingerprint density at radius 1 is 1.25 bits per heavy atom. The van der Waals surface area contributed by atoms with Gasteiger partial charge in [0.25, 0.3) is 0 Å². The highest BCUT2D eigenvalue weighted by atomic mass is 32.2. The van der Waals surface area contributed by atoms with Crippen molar-refractivity contribution < 1.29 is 8.42 Å². The smallest absolute Gasteiger partial charge is 0.243 e. The van der Waals surface area contributed by atoms with Crippen molar-refractivity contribution in [3.63, 3.8) is 0 Å². The molecule has 0 aromatic heterocycles. The first kappa shape index (κ1) is 14.4. The molecule has 0 radical (unpaired) electrons. The Morgan fingerprint density at radius 2 is 2.00 bits per heavy atom. The molecule has 0 spiro atoms. The van der Waals surface area contributed by atoms with Crippen LogP contribution in [0.15, 0.2) is 23.1 Å². The van der Waals surface area contributed by atoms with E-state index >= 15 is 0 Å². The predicted molar refractivity (Wildman–Crippen MR) is 82.3 cm³/mol. The summed E-state index contributed by atoms with van der Waals surface area (Å²) in [5, 5.41) is 3.59. The van der Waals surface area contributed by atoms with E-state index in [1.54, 1.807) is 10.4 Å². The van der Waals surface area contributed by atoms with Gasteiger partial charge in [-0.25, -0.2) is 8.42 Å². The van der Waals surface area contributed by atoms with Crippen LogP contribution in [0.1, 0.15) is 25.0 Å². The fraction of sp³-hybridized carbons (Fsp3) is 0.571. The first-order chi connectivity index (χ1) is 9.50. The maximum Gasteiger partial charge on any atom is 0.243 e. The topological polar surface area (TPSA) is 49.4 Å². The molecule has 2 aliphatic rings. The molecule has 3 rings (SSSR count). The summed E-state index contributed by atoms with van der Waals surface area (Å²) in [6.45, 7) is 6.31. The average Bonchev–Trinajstić information content (AvgIpc) is 2.89.